The van der Waals surface area contributed by atoms with Crippen molar-refractivity contribution >= 4 is 34.6 Å². The van der Waals surface area contributed by atoms with Crippen LogP contribution in [0.15, 0.2) is 70.6 Å². The molecule has 0 aliphatic carbocycles. The highest BCUT2D eigenvalue weighted by Crippen LogP contribution is 2.35. The maximum absolute atomic E-state index is 11.5. The molecule has 4 aromatic carbocycles. The number of nitrogens with one attached hydrogen (secondary N) is 2. The second kappa shape index (κ2) is 15.0. The number of benzene rings is 4. The lowest BCUT2D eigenvalue weighted by molar-refractivity contribution is 0.238. The van der Waals surface area contributed by atoms with Crippen molar-refractivity contribution in [1.29, 1.82) is 0 Å². The summed E-state index contributed by atoms with van der Waals surface area (Å²) in [7, 11) is 0. The molecule has 0 amide bonds. The number of aromatic hydroxyl groups is 2. The third-order valence-corrected chi connectivity index (χ3v) is 8.92. The van der Waals surface area contributed by atoms with Gasteiger partial charge in [0.1, 0.15) is 11.5 Å². The van der Waals surface area contributed by atoms with E-state index in [1.807, 2.05) is 36.4 Å². The van der Waals surface area contributed by atoms with Crippen molar-refractivity contribution in [3.63, 3.8) is 0 Å². The zero-order valence-electron chi connectivity index (χ0n) is 27.1. The summed E-state index contributed by atoms with van der Waals surface area (Å²) in [5, 5.41) is 32.1. The first-order valence-electron chi connectivity index (χ1n) is 16.6. The van der Waals surface area contributed by atoms with Gasteiger partial charge >= 0.3 is 0 Å². The summed E-state index contributed by atoms with van der Waals surface area (Å²) in [6, 6.07) is 20.2. The maximum Gasteiger partial charge on any atom is 0.128 e. The van der Waals surface area contributed by atoms with Crippen LogP contribution >= 0.6 is 0 Å². The predicted molar refractivity (Wildman–Crippen MR) is 190 cm³/mol. The third-order valence-electron chi connectivity index (χ3n) is 8.92. The molecule has 3 aliphatic rings. The van der Waals surface area contributed by atoms with Crippen LogP contribution in [0.3, 0.4) is 0 Å². The fourth-order valence-corrected chi connectivity index (χ4v) is 6.60. The van der Waals surface area contributed by atoms with Crippen molar-refractivity contribution in [2.75, 3.05) is 52.4 Å². The molecule has 1 saturated heterocycles. The predicted octanol–water partition coefficient (Wildman–Crippen LogP) is 5.96. The molecular formula is C38H46N6O2. The summed E-state index contributed by atoms with van der Waals surface area (Å²) < 4.78 is 0. The molecule has 0 radical (unpaired) electrons. The molecular weight excluding hydrogens is 572 g/mol. The number of hydrogen-bond acceptors (Lipinski definition) is 8. The first kappa shape index (κ1) is 31.9. The minimum absolute atomic E-state index is 0.280. The number of phenolic OH excluding ortho intramolecular Hbond substituents is 2. The van der Waals surface area contributed by atoms with Crippen molar-refractivity contribution in [2.45, 2.75) is 39.8 Å². The van der Waals surface area contributed by atoms with Gasteiger partial charge in [-0.05, 0) is 93.6 Å². The molecule has 3 aliphatic heterocycles. The van der Waals surface area contributed by atoms with Crippen LogP contribution in [0.2, 0.25) is 0 Å². The van der Waals surface area contributed by atoms with E-state index in [9.17, 15) is 10.2 Å². The van der Waals surface area contributed by atoms with Gasteiger partial charge < -0.3 is 20.8 Å². The first-order valence-corrected chi connectivity index (χ1v) is 16.6. The van der Waals surface area contributed by atoms with Crippen LogP contribution in [0.5, 0.6) is 11.5 Å². The lowest BCUT2D eigenvalue weighted by Gasteiger charge is -2.26. The van der Waals surface area contributed by atoms with Gasteiger partial charge in [-0.1, -0.05) is 36.4 Å². The van der Waals surface area contributed by atoms with E-state index in [1.54, 1.807) is 12.4 Å². The van der Waals surface area contributed by atoms with E-state index in [2.05, 4.69) is 58.5 Å². The van der Waals surface area contributed by atoms with Crippen LogP contribution in [0.25, 0.3) is 10.8 Å². The second-order valence-corrected chi connectivity index (χ2v) is 12.7. The van der Waals surface area contributed by atoms with Gasteiger partial charge in [-0.2, -0.15) is 0 Å². The highest BCUT2D eigenvalue weighted by atomic mass is 16.3. The Kier molecular flexibility index (Phi) is 10.4. The summed E-state index contributed by atoms with van der Waals surface area (Å²) in [4.78, 5) is 14.7. The summed E-state index contributed by atoms with van der Waals surface area (Å²) in [5.41, 5.74) is 6.97. The summed E-state index contributed by atoms with van der Waals surface area (Å²) in [6.45, 7) is 12.8. The molecule has 4 N–H and O–H groups in total. The van der Waals surface area contributed by atoms with Gasteiger partial charge in [-0.25, -0.2) is 0 Å². The SMILES string of the molecule is Cc1cc2c(O)c(c1)CN1CCCNCCN(CCCNCC1)Cc1cc(C)cc(c1O)C=Nc1cccc3cccc(c13)N=C2. The van der Waals surface area contributed by atoms with Crippen molar-refractivity contribution in [3.8, 4) is 11.5 Å². The van der Waals surface area contributed by atoms with Crippen LogP contribution in [0, 0.1) is 13.8 Å². The fraction of sp³-hybridized carbons (Fsp3) is 0.368. The number of rotatable bonds is 0. The molecule has 7 rings (SSSR count). The molecule has 4 aromatic rings. The zero-order chi connectivity index (χ0) is 31.9. The van der Waals surface area contributed by atoms with Gasteiger partial charge in [0.2, 0.25) is 0 Å². The van der Waals surface area contributed by atoms with Crippen molar-refractivity contribution in [2.24, 2.45) is 9.98 Å². The van der Waals surface area contributed by atoms with Gasteiger partial charge in [-0.15, -0.1) is 0 Å². The van der Waals surface area contributed by atoms with E-state index in [-0.39, 0.29) is 11.5 Å². The standard InChI is InChI=1S/C38H46N6O2/c1-27-19-30-23-41-34-9-3-7-29-8-4-10-35(36(29)34)42-24-31-20-28(2)22-33(38(31)46)26-44-16-6-12-39-13-17-43(15-5-11-40-14-18-44)25-32(21-27)37(30)45/h3-4,7-10,19-24,39-40,45-46H,5-6,11-18,25-26H2,1-2H3. The highest BCUT2D eigenvalue weighted by molar-refractivity contribution is 6.04. The Morgan fingerprint density at radius 2 is 1.09 bits per heavy atom. The molecule has 6 bridgehead atoms. The molecule has 2 unspecified atom stereocenters. The number of nitrogens with zero attached hydrogens (tertiary/aromatic N) is 4. The zero-order valence-corrected chi connectivity index (χ0v) is 27.1. The average Bonchev–Trinajstić information content (AvgIpc) is 3.04. The van der Waals surface area contributed by atoms with Crippen molar-refractivity contribution < 1.29 is 10.2 Å². The number of hydrogen-bond donors (Lipinski definition) is 4. The highest BCUT2D eigenvalue weighted by Gasteiger charge is 2.16. The average molecular weight is 619 g/mol. The lowest BCUT2D eigenvalue weighted by Crippen LogP contribution is -2.38. The summed E-state index contributed by atoms with van der Waals surface area (Å²) >= 11 is 0. The van der Waals surface area contributed by atoms with Crippen LogP contribution in [0.1, 0.15) is 46.2 Å². The van der Waals surface area contributed by atoms with Gasteiger partial charge in [0.25, 0.3) is 0 Å². The quantitative estimate of drug-likeness (QED) is 0.194. The van der Waals surface area contributed by atoms with Gasteiger partial charge in [-0.3, -0.25) is 19.8 Å². The molecule has 0 aromatic heterocycles. The first-order chi connectivity index (χ1) is 22.4. The van der Waals surface area contributed by atoms with E-state index < -0.39 is 0 Å². The number of aliphatic imine (C=N–C) groups is 2. The largest absolute Gasteiger partial charge is 0.507 e. The maximum atomic E-state index is 11.5. The van der Waals surface area contributed by atoms with Gasteiger partial charge in [0.05, 0.1) is 11.4 Å². The topological polar surface area (TPSA) is 95.7 Å². The molecule has 3 heterocycles. The van der Waals surface area contributed by atoms with E-state index in [0.29, 0.717) is 24.2 Å². The van der Waals surface area contributed by atoms with E-state index in [1.165, 1.54) is 0 Å². The Labute approximate surface area is 272 Å². The number of fused-ring (bicyclic) bond motifs is 10. The normalized spacial score (nSPS) is 20.0. The monoisotopic (exact) mass is 618 g/mol. The molecule has 46 heavy (non-hydrogen) atoms. The van der Waals surface area contributed by atoms with E-state index in [4.69, 9.17) is 9.98 Å². The molecule has 0 saturated carbocycles. The minimum atomic E-state index is 0.280. The van der Waals surface area contributed by atoms with E-state index >= 15 is 0 Å². The second-order valence-electron chi connectivity index (χ2n) is 12.7. The van der Waals surface area contributed by atoms with Crippen molar-refractivity contribution in [1.82, 2.24) is 20.4 Å². The smallest absolute Gasteiger partial charge is 0.128 e. The van der Waals surface area contributed by atoms with Crippen LogP contribution in [0.4, 0.5) is 11.4 Å². The van der Waals surface area contributed by atoms with Gasteiger partial charge in [0.15, 0.2) is 0 Å². The Hall–Kier alpha value is -4.08. The van der Waals surface area contributed by atoms with E-state index in [0.717, 1.165) is 110 Å². The molecule has 8 heteroatoms. The van der Waals surface area contributed by atoms with Gasteiger partial charge in [0, 0.05) is 79.3 Å². The Morgan fingerprint density at radius 3 is 1.57 bits per heavy atom. The minimum Gasteiger partial charge on any atom is -0.507 e. The molecule has 1 fully saturated rings. The van der Waals surface area contributed by atoms with Crippen LogP contribution < -0.4 is 10.6 Å². The molecule has 2 atom stereocenters. The number of phenols is 2. The Balaban J connectivity index is 1.46. The fourth-order valence-electron chi connectivity index (χ4n) is 6.60. The summed E-state index contributed by atoms with van der Waals surface area (Å²) in [6.07, 6.45) is 5.58. The van der Waals surface area contributed by atoms with Crippen molar-refractivity contribution in [3.05, 3.63) is 94.0 Å². The molecule has 0 spiro atoms. The lowest BCUT2D eigenvalue weighted by atomic mass is 10.0. The molecule has 240 valence electrons. The Bertz CT molecular complexity index is 1590. The third kappa shape index (κ3) is 7.82. The summed E-state index contributed by atoms with van der Waals surface area (Å²) in [5.74, 6) is 0.560. The van der Waals surface area contributed by atoms with Crippen LogP contribution in [-0.4, -0.2) is 84.8 Å². The van der Waals surface area contributed by atoms with Crippen LogP contribution in [-0.2, 0) is 13.1 Å². The molecule has 8 nitrogen and oxygen atoms in total. The number of aryl methyl sites for hydroxylation is 2. The Morgan fingerprint density at radius 1 is 0.609 bits per heavy atom.